The smallest absolute Gasteiger partial charge is 0.257 e. The Morgan fingerprint density at radius 2 is 1.43 bits per heavy atom. The van der Waals surface area contributed by atoms with Crippen LogP contribution in [0.5, 0.6) is 0 Å². The predicted octanol–water partition coefficient (Wildman–Crippen LogP) is 4.76. The van der Waals surface area contributed by atoms with Crippen LogP contribution in [-0.4, -0.2) is 52.5 Å². The molecule has 1 aromatic heterocycles. The van der Waals surface area contributed by atoms with Crippen LogP contribution in [0.4, 0.5) is 5.69 Å². The molecule has 2 heterocycles. The average Bonchev–Trinajstić information content (AvgIpc) is 3.33. The molecule has 0 saturated carbocycles. The van der Waals surface area contributed by atoms with E-state index in [4.69, 9.17) is 5.10 Å². The molecule has 0 aliphatic carbocycles. The summed E-state index contributed by atoms with van der Waals surface area (Å²) in [4.78, 5) is 29.4. The number of hydrogen-bond donors (Lipinski definition) is 0. The fraction of sp³-hybridized carbons (Fsp3) is 0.207. The van der Waals surface area contributed by atoms with Gasteiger partial charge in [0.05, 0.1) is 12.1 Å². The van der Waals surface area contributed by atoms with Crippen molar-refractivity contribution in [2.45, 2.75) is 13.5 Å². The number of amides is 1. The Labute approximate surface area is 205 Å². The lowest BCUT2D eigenvalue weighted by Crippen LogP contribution is -2.48. The number of carbonyl (C=O) groups is 2. The van der Waals surface area contributed by atoms with Crippen LogP contribution in [0.2, 0.25) is 0 Å². The van der Waals surface area contributed by atoms with Gasteiger partial charge in [-0.1, -0.05) is 60.7 Å². The number of rotatable bonds is 6. The van der Waals surface area contributed by atoms with Crippen molar-refractivity contribution >= 4 is 17.4 Å². The first kappa shape index (κ1) is 22.6. The lowest BCUT2D eigenvalue weighted by atomic mass is 10.1. The number of hydrogen-bond acceptors (Lipinski definition) is 4. The van der Waals surface area contributed by atoms with Gasteiger partial charge in [0.15, 0.2) is 5.78 Å². The van der Waals surface area contributed by atoms with Crippen LogP contribution in [-0.2, 0) is 6.54 Å². The molecule has 0 bridgehead atoms. The van der Waals surface area contributed by atoms with Gasteiger partial charge in [0, 0.05) is 49.2 Å². The van der Waals surface area contributed by atoms with Crippen molar-refractivity contribution in [3.05, 3.63) is 108 Å². The van der Waals surface area contributed by atoms with Crippen molar-refractivity contribution in [3.63, 3.8) is 0 Å². The number of nitrogens with zero attached hydrogens (tertiary/aromatic N) is 4. The SMILES string of the molecule is CC(=O)c1ccc(N2CCN(C(=O)c3cn(Cc4ccccc4)nc3-c3ccccc3)CC2)cc1. The standard InChI is InChI=1S/C29H28N4O2/c1-22(34)24-12-14-26(15-13-24)31-16-18-32(19-17-31)29(35)27-21-33(20-23-8-4-2-5-9-23)30-28(27)25-10-6-3-7-11-25/h2-15,21H,16-20H2,1H3. The fourth-order valence-corrected chi connectivity index (χ4v) is 4.48. The lowest BCUT2D eigenvalue weighted by Gasteiger charge is -2.36. The number of aromatic nitrogens is 2. The molecule has 1 amide bonds. The molecular formula is C29H28N4O2. The third-order valence-electron chi connectivity index (χ3n) is 6.43. The van der Waals surface area contributed by atoms with Gasteiger partial charge < -0.3 is 9.80 Å². The normalized spacial score (nSPS) is 13.6. The Morgan fingerprint density at radius 3 is 2.06 bits per heavy atom. The lowest BCUT2D eigenvalue weighted by molar-refractivity contribution is 0.0747. The zero-order valence-corrected chi connectivity index (χ0v) is 19.8. The summed E-state index contributed by atoms with van der Waals surface area (Å²) in [6.07, 6.45) is 1.88. The molecule has 0 spiro atoms. The van der Waals surface area contributed by atoms with Gasteiger partial charge in [-0.15, -0.1) is 0 Å². The van der Waals surface area contributed by atoms with E-state index in [1.54, 1.807) is 6.92 Å². The van der Waals surface area contributed by atoms with Gasteiger partial charge in [0.1, 0.15) is 5.69 Å². The molecule has 0 unspecified atom stereocenters. The molecular weight excluding hydrogens is 436 g/mol. The highest BCUT2D eigenvalue weighted by Gasteiger charge is 2.26. The van der Waals surface area contributed by atoms with E-state index < -0.39 is 0 Å². The minimum atomic E-state index is 0.00902. The first-order chi connectivity index (χ1) is 17.1. The van der Waals surface area contributed by atoms with Gasteiger partial charge in [-0.05, 0) is 36.8 Å². The molecule has 35 heavy (non-hydrogen) atoms. The number of benzene rings is 3. The molecule has 6 nitrogen and oxygen atoms in total. The Morgan fingerprint density at radius 1 is 0.800 bits per heavy atom. The highest BCUT2D eigenvalue weighted by atomic mass is 16.2. The second kappa shape index (κ2) is 9.97. The molecule has 1 aliphatic rings. The molecule has 1 aliphatic heterocycles. The summed E-state index contributed by atoms with van der Waals surface area (Å²) in [6.45, 7) is 4.92. The summed E-state index contributed by atoms with van der Waals surface area (Å²) in [5.74, 6) is 0.0729. The average molecular weight is 465 g/mol. The minimum absolute atomic E-state index is 0.00902. The van der Waals surface area contributed by atoms with Gasteiger partial charge in [-0.2, -0.15) is 5.10 Å². The quantitative estimate of drug-likeness (QED) is 0.386. The van der Waals surface area contributed by atoms with Crippen molar-refractivity contribution in [1.82, 2.24) is 14.7 Å². The Kier molecular flexibility index (Phi) is 6.44. The van der Waals surface area contributed by atoms with Crippen LogP contribution in [0, 0.1) is 0 Å². The molecule has 6 heteroatoms. The zero-order valence-electron chi connectivity index (χ0n) is 19.8. The van der Waals surface area contributed by atoms with E-state index in [9.17, 15) is 9.59 Å². The zero-order chi connectivity index (χ0) is 24.2. The number of anilines is 1. The van der Waals surface area contributed by atoms with Crippen LogP contribution in [0.15, 0.2) is 91.1 Å². The summed E-state index contributed by atoms with van der Waals surface area (Å²) in [5.41, 5.74) is 5.20. The summed E-state index contributed by atoms with van der Waals surface area (Å²) in [6, 6.07) is 27.7. The highest BCUT2D eigenvalue weighted by molar-refractivity contribution is 6.00. The molecule has 1 saturated heterocycles. The Bertz CT molecular complexity index is 1310. The summed E-state index contributed by atoms with van der Waals surface area (Å²) in [5, 5.41) is 4.81. The van der Waals surface area contributed by atoms with E-state index in [1.807, 2.05) is 88.6 Å². The molecule has 176 valence electrons. The third-order valence-corrected chi connectivity index (χ3v) is 6.43. The van der Waals surface area contributed by atoms with Gasteiger partial charge in [0.25, 0.3) is 5.91 Å². The topological polar surface area (TPSA) is 58.4 Å². The number of piperazine rings is 1. The molecule has 1 fully saturated rings. The van der Waals surface area contributed by atoms with E-state index in [-0.39, 0.29) is 11.7 Å². The van der Waals surface area contributed by atoms with Crippen LogP contribution >= 0.6 is 0 Å². The van der Waals surface area contributed by atoms with Gasteiger partial charge in [0.2, 0.25) is 0 Å². The van der Waals surface area contributed by atoms with Crippen molar-refractivity contribution < 1.29 is 9.59 Å². The largest absolute Gasteiger partial charge is 0.368 e. The molecule has 4 aromatic rings. The van der Waals surface area contributed by atoms with Crippen molar-refractivity contribution in [2.24, 2.45) is 0 Å². The molecule has 5 rings (SSSR count). The van der Waals surface area contributed by atoms with E-state index in [0.717, 1.165) is 29.9 Å². The number of carbonyl (C=O) groups excluding carboxylic acids is 2. The molecule has 0 N–H and O–H groups in total. The second-order valence-electron chi connectivity index (χ2n) is 8.82. The summed E-state index contributed by atoms with van der Waals surface area (Å²) in [7, 11) is 0. The van der Waals surface area contributed by atoms with Crippen LogP contribution in [0.3, 0.4) is 0 Å². The fourth-order valence-electron chi connectivity index (χ4n) is 4.48. The first-order valence-electron chi connectivity index (χ1n) is 11.9. The Hall–Kier alpha value is -4.19. The first-order valence-corrected chi connectivity index (χ1v) is 11.9. The number of Topliss-reactive ketones (excluding diaryl/α,β-unsaturated/α-hetero) is 1. The third kappa shape index (κ3) is 5.01. The van der Waals surface area contributed by atoms with E-state index >= 15 is 0 Å². The summed E-state index contributed by atoms with van der Waals surface area (Å²) >= 11 is 0. The second-order valence-corrected chi connectivity index (χ2v) is 8.82. The predicted molar refractivity (Wildman–Crippen MR) is 138 cm³/mol. The highest BCUT2D eigenvalue weighted by Crippen LogP contribution is 2.25. The maximum absolute atomic E-state index is 13.6. The summed E-state index contributed by atoms with van der Waals surface area (Å²) < 4.78 is 1.86. The van der Waals surface area contributed by atoms with Crippen molar-refractivity contribution in [2.75, 3.05) is 31.1 Å². The van der Waals surface area contributed by atoms with Gasteiger partial charge >= 0.3 is 0 Å². The van der Waals surface area contributed by atoms with Crippen molar-refractivity contribution in [3.8, 4) is 11.3 Å². The van der Waals surface area contributed by atoms with E-state index in [0.29, 0.717) is 36.5 Å². The van der Waals surface area contributed by atoms with Crippen LogP contribution in [0.1, 0.15) is 33.2 Å². The monoisotopic (exact) mass is 464 g/mol. The number of ketones is 1. The van der Waals surface area contributed by atoms with Crippen molar-refractivity contribution in [1.29, 1.82) is 0 Å². The Balaban J connectivity index is 1.34. The van der Waals surface area contributed by atoms with Crippen LogP contribution < -0.4 is 4.90 Å². The maximum atomic E-state index is 13.6. The van der Waals surface area contributed by atoms with E-state index in [1.165, 1.54) is 0 Å². The van der Waals surface area contributed by atoms with Gasteiger partial charge in [-0.3, -0.25) is 14.3 Å². The van der Waals surface area contributed by atoms with Gasteiger partial charge in [-0.25, -0.2) is 0 Å². The minimum Gasteiger partial charge on any atom is -0.368 e. The van der Waals surface area contributed by atoms with E-state index in [2.05, 4.69) is 17.0 Å². The molecule has 0 radical (unpaired) electrons. The molecule has 3 aromatic carbocycles. The maximum Gasteiger partial charge on any atom is 0.257 e. The molecule has 0 atom stereocenters. The van der Waals surface area contributed by atoms with Crippen LogP contribution in [0.25, 0.3) is 11.3 Å².